The van der Waals surface area contributed by atoms with Gasteiger partial charge < -0.3 is 10.2 Å². The van der Waals surface area contributed by atoms with Crippen LogP contribution < -0.4 is 14.9 Å². The van der Waals surface area contributed by atoms with Crippen molar-refractivity contribution < 1.29 is 13.2 Å². The summed E-state index contributed by atoms with van der Waals surface area (Å²) in [6.45, 7) is 9.17. The maximum atomic E-state index is 12.2. The molecule has 2 N–H and O–H groups in total. The average Bonchev–Trinajstić information content (AvgIpc) is 3.09. The number of anilines is 2. The van der Waals surface area contributed by atoms with E-state index in [0.717, 1.165) is 30.0 Å². The highest BCUT2D eigenvalue weighted by Gasteiger charge is 2.27. The van der Waals surface area contributed by atoms with Crippen LogP contribution in [-0.4, -0.2) is 38.7 Å². The smallest absolute Gasteiger partial charge is 0.224 e. The summed E-state index contributed by atoms with van der Waals surface area (Å²) in [6, 6.07) is 6.05. The van der Waals surface area contributed by atoms with Crippen LogP contribution >= 0.6 is 0 Å². The average molecular weight is 394 g/mol. The van der Waals surface area contributed by atoms with E-state index in [0.29, 0.717) is 25.8 Å². The number of benzene rings is 1. The summed E-state index contributed by atoms with van der Waals surface area (Å²) < 4.78 is 25.7. The van der Waals surface area contributed by atoms with Gasteiger partial charge in [-0.15, -0.1) is 0 Å². The van der Waals surface area contributed by atoms with E-state index in [1.807, 2.05) is 19.1 Å². The number of hydrogen-bond donors (Lipinski definition) is 2. The second-order valence-corrected chi connectivity index (χ2v) is 10.4. The van der Waals surface area contributed by atoms with Crippen molar-refractivity contribution in [3.05, 3.63) is 35.9 Å². The first-order valence-electron chi connectivity index (χ1n) is 9.40. The summed E-state index contributed by atoms with van der Waals surface area (Å²) in [5, 5.41) is 2.95. The van der Waals surface area contributed by atoms with Gasteiger partial charge in [0.2, 0.25) is 15.9 Å². The van der Waals surface area contributed by atoms with Crippen LogP contribution in [0, 0.1) is 6.92 Å². The normalized spacial score (nSPS) is 14.6. The van der Waals surface area contributed by atoms with Gasteiger partial charge in [0.15, 0.2) is 0 Å². The first-order chi connectivity index (χ1) is 12.6. The third kappa shape index (κ3) is 6.07. The number of carbonyl (C=O) groups is 1. The number of rotatable bonds is 8. The van der Waals surface area contributed by atoms with Gasteiger partial charge in [-0.2, -0.15) is 0 Å². The monoisotopic (exact) mass is 393 g/mol. The summed E-state index contributed by atoms with van der Waals surface area (Å²) in [4.78, 5) is 14.4. The molecule has 0 saturated carbocycles. The zero-order valence-corrected chi connectivity index (χ0v) is 17.5. The van der Waals surface area contributed by atoms with Crippen molar-refractivity contribution in [2.45, 2.75) is 51.7 Å². The maximum absolute atomic E-state index is 12.2. The molecule has 0 spiro atoms. The molecule has 0 fully saturated rings. The molecule has 6 nitrogen and oxygen atoms in total. The molecule has 27 heavy (non-hydrogen) atoms. The van der Waals surface area contributed by atoms with Crippen molar-refractivity contribution in [2.24, 2.45) is 0 Å². The predicted molar refractivity (Wildman–Crippen MR) is 112 cm³/mol. The van der Waals surface area contributed by atoms with Gasteiger partial charge in [0.05, 0.1) is 4.75 Å². The highest BCUT2D eigenvalue weighted by Crippen LogP contribution is 2.24. The van der Waals surface area contributed by atoms with Crippen molar-refractivity contribution in [1.29, 1.82) is 0 Å². The largest absolute Gasteiger partial charge is 0.364 e. The van der Waals surface area contributed by atoms with Crippen LogP contribution in [0.4, 0.5) is 11.4 Å². The number of amides is 1. The Hall–Kier alpha value is -1.86. The minimum absolute atomic E-state index is 0.0487. The number of carbonyl (C=O) groups excluding carboxylic acids is 1. The van der Waals surface area contributed by atoms with Crippen molar-refractivity contribution in [2.75, 3.05) is 29.9 Å². The zero-order chi connectivity index (χ0) is 20.1. The summed E-state index contributed by atoms with van der Waals surface area (Å²) >= 11 is 0. The molecule has 0 aliphatic carbocycles. The van der Waals surface area contributed by atoms with Crippen LogP contribution in [0.1, 0.15) is 45.6 Å². The van der Waals surface area contributed by atoms with Gasteiger partial charge in [-0.1, -0.05) is 12.2 Å². The Bertz CT molecular complexity index is 787. The second kappa shape index (κ2) is 8.89. The van der Waals surface area contributed by atoms with Crippen LogP contribution in [0.2, 0.25) is 0 Å². The second-order valence-electron chi connectivity index (χ2n) is 7.89. The molecule has 1 aromatic rings. The van der Waals surface area contributed by atoms with Crippen LogP contribution in [0.25, 0.3) is 0 Å². The molecule has 1 amide bonds. The van der Waals surface area contributed by atoms with Crippen molar-refractivity contribution in [3.8, 4) is 0 Å². The molecule has 0 unspecified atom stereocenters. The fourth-order valence-electron chi connectivity index (χ4n) is 2.72. The Morgan fingerprint density at radius 2 is 1.81 bits per heavy atom. The molecule has 1 heterocycles. The fraction of sp³-hybridized carbons (Fsp3) is 0.550. The summed E-state index contributed by atoms with van der Waals surface area (Å²) in [7, 11) is -3.32. The molecule has 7 heteroatoms. The molecule has 0 saturated heterocycles. The van der Waals surface area contributed by atoms with Gasteiger partial charge in [-0.25, -0.2) is 13.1 Å². The molecule has 1 aliphatic heterocycles. The van der Waals surface area contributed by atoms with E-state index < -0.39 is 14.8 Å². The van der Waals surface area contributed by atoms with Crippen LogP contribution in [0.5, 0.6) is 0 Å². The number of aryl methyl sites for hydroxylation is 1. The van der Waals surface area contributed by atoms with E-state index in [4.69, 9.17) is 0 Å². The maximum Gasteiger partial charge on any atom is 0.224 e. The van der Waals surface area contributed by atoms with Crippen molar-refractivity contribution in [1.82, 2.24) is 4.72 Å². The molecular formula is C20H31N3O3S. The first-order valence-corrected chi connectivity index (χ1v) is 10.9. The highest BCUT2D eigenvalue weighted by molar-refractivity contribution is 7.90. The third-order valence-corrected chi connectivity index (χ3v) is 6.79. The molecule has 0 radical (unpaired) electrons. The molecule has 0 aromatic heterocycles. The lowest BCUT2D eigenvalue weighted by atomic mass is 10.1. The lowest BCUT2D eigenvalue weighted by molar-refractivity contribution is -0.116. The summed E-state index contributed by atoms with van der Waals surface area (Å²) in [5.74, 6) is -0.0487. The predicted octanol–water partition coefficient (Wildman–Crippen LogP) is 3.20. The molecule has 1 aliphatic rings. The molecule has 1 aromatic carbocycles. The number of nitrogens with zero attached hydrogens (tertiary/aromatic N) is 1. The van der Waals surface area contributed by atoms with E-state index in [-0.39, 0.29) is 5.91 Å². The molecule has 0 atom stereocenters. The van der Waals surface area contributed by atoms with Gasteiger partial charge in [-0.3, -0.25) is 4.79 Å². The molecule has 0 bridgehead atoms. The fourth-order valence-corrected chi connectivity index (χ4v) is 3.57. The Balaban J connectivity index is 1.74. The van der Waals surface area contributed by atoms with Crippen LogP contribution in [0.15, 0.2) is 30.4 Å². The van der Waals surface area contributed by atoms with Crippen molar-refractivity contribution in [3.63, 3.8) is 0 Å². The number of sulfonamides is 1. The molecule has 2 rings (SSSR count). The number of hydrogen-bond acceptors (Lipinski definition) is 4. The van der Waals surface area contributed by atoms with Gasteiger partial charge in [0.1, 0.15) is 0 Å². The van der Waals surface area contributed by atoms with E-state index >= 15 is 0 Å². The minimum atomic E-state index is -3.32. The lowest BCUT2D eigenvalue weighted by Gasteiger charge is -2.20. The standard InChI is InChI=1S/C20H31N3O3S/c1-16-15-17(23-13-7-8-14-23)10-11-18(16)22-19(24)9-5-6-12-21-27(25,26)20(2,3)4/h7-8,10-11,15,21H,5-6,9,12-14H2,1-4H3,(H,22,24). The number of unbranched alkanes of at least 4 members (excludes halogenated alkanes) is 1. The Kier molecular flexibility index (Phi) is 7.06. The number of nitrogens with one attached hydrogen (secondary N) is 2. The van der Waals surface area contributed by atoms with E-state index in [1.54, 1.807) is 20.8 Å². The Morgan fingerprint density at radius 3 is 2.41 bits per heavy atom. The van der Waals surface area contributed by atoms with Crippen LogP contribution in [0.3, 0.4) is 0 Å². The van der Waals surface area contributed by atoms with E-state index in [2.05, 4.69) is 33.2 Å². The summed E-state index contributed by atoms with van der Waals surface area (Å²) in [5.41, 5.74) is 3.01. The highest BCUT2D eigenvalue weighted by atomic mass is 32.2. The van der Waals surface area contributed by atoms with E-state index in [9.17, 15) is 13.2 Å². The van der Waals surface area contributed by atoms with Crippen molar-refractivity contribution >= 4 is 27.3 Å². The molecule has 150 valence electrons. The lowest BCUT2D eigenvalue weighted by Crippen LogP contribution is -2.39. The topological polar surface area (TPSA) is 78.5 Å². The third-order valence-electron chi connectivity index (χ3n) is 4.60. The summed E-state index contributed by atoms with van der Waals surface area (Å²) in [6.07, 6.45) is 5.92. The first kappa shape index (κ1) is 21.4. The SMILES string of the molecule is Cc1cc(N2CC=CC2)ccc1NC(=O)CCCCNS(=O)(=O)C(C)(C)C. The zero-order valence-electron chi connectivity index (χ0n) is 16.7. The molecular weight excluding hydrogens is 362 g/mol. The quantitative estimate of drug-likeness (QED) is 0.525. The van der Waals surface area contributed by atoms with Gasteiger partial charge in [-0.05, 0) is 64.3 Å². The van der Waals surface area contributed by atoms with Gasteiger partial charge in [0.25, 0.3) is 0 Å². The minimum Gasteiger partial charge on any atom is -0.364 e. The van der Waals surface area contributed by atoms with Crippen LogP contribution in [-0.2, 0) is 14.8 Å². The van der Waals surface area contributed by atoms with Gasteiger partial charge in [0, 0.05) is 37.4 Å². The van der Waals surface area contributed by atoms with E-state index in [1.165, 1.54) is 0 Å². The van der Waals surface area contributed by atoms with Gasteiger partial charge >= 0.3 is 0 Å². The Morgan fingerprint density at radius 1 is 1.15 bits per heavy atom. The Labute approximate surface area is 163 Å².